The van der Waals surface area contributed by atoms with E-state index in [9.17, 15) is 24.6 Å². The number of nitrogens with zero attached hydrogens (tertiary/aromatic N) is 1. The predicted molar refractivity (Wildman–Crippen MR) is 93.8 cm³/mol. The third-order valence-corrected chi connectivity index (χ3v) is 4.39. The first kappa shape index (κ1) is 17.6. The molecule has 0 spiro atoms. The summed E-state index contributed by atoms with van der Waals surface area (Å²) in [7, 11) is 0. The van der Waals surface area contributed by atoms with Gasteiger partial charge in [-0.15, -0.1) is 0 Å². The molecular weight excluding hydrogens is 336 g/mol. The molecule has 2 atom stereocenters. The molecule has 0 unspecified atom stereocenters. The second-order valence-electron chi connectivity index (χ2n) is 6.00. The fourth-order valence-electron chi connectivity index (χ4n) is 3.10. The zero-order chi connectivity index (χ0) is 18.7. The van der Waals surface area contributed by atoms with Crippen LogP contribution < -0.4 is 5.32 Å². The van der Waals surface area contributed by atoms with Crippen LogP contribution in [0.5, 0.6) is 0 Å². The number of rotatable bonds is 4. The van der Waals surface area contributed by atoms with Gasteiger partial charge in [-0.1, -0.05) is 42.5 Å². The van der Waals surface area contributed by atoms with Crippen molar-refractivity contribution in [2.45, 2.75) is 12.1 Å². The van der Waals surface area contributed by atoms with Crippen molar-refractivity contribution in [3.8, 4) is 11.1 Å². The van der Waals surface area contributed by atoms with Crippen LogP contribution >= 0.6 is 0 Å². The van der Waals surface area contributed by atoms with E-state index < -0.39 is 29.9 Å². The van der Waals surface area contributed by atoms with Crippen molar-refractivity contribution in [2.75, 3.05) is 13.1 Å². The van der Waals surface area contributed by atoms with Crippen LogP contribution in [0.15, 0.2) is 54.6 Å². The molecule has 0 aliphatic carbocycles. The average Bonchev–Trinajstić information content (AvgIpc) is 2.67. The normalized spacial score (nSPS) is 19.8. The highest BCUT2D eigenvalue weighted by atomic mass is 16.4. The molecule has 7 heteroatoms. The van der Waals surface area contributed by atoms with Gasteiger partial charge < -0.3 is 20.4 Å². The Labute approximate surface area is 149 Å². The molecule has 1 saturated heterocycles. The second-order valence-corrected chi connectivity index (χ2v) is 6.00. The molecule has 3 N–H and O–H groups in total. The van der Waals surface area contributed by atoms with Crippen molar-refractivity contribution in [1.82, 2.24) is 10.2 Å². The first-order chi connectivity index (χ1) is 12.5. The van der Waals surface area contributed by atoms with Crippen molar-refractivity contribution in [3.05, 3.63) is 60.2 Å². The Hall–Kier alpha value is -3.19. The van der Waals surface area contributed by atoms with Gasteiger partial charge in [0.05, 0.1) is 0 Å². The Bertz CT molecular complexity index is 820. The van der Waals surface area contributed by atoms with E-state index in [1.54, 1.807) is 24.3 Å². The maximum atomic E-state index is 12.8. The van der Waals surface area contributed by atoms with Crippen LogP contribution in [0.2, 0.25) is 0 Å². The van der Waals surface area contributed by atoms with Gasteiger partial charge in [-0.25, -0.2) is 4.79 Å². The lowest BCUT2D eigenvalue weighted by atomic mass is 10.0. The van der Waals surface area contributed by atoms with Crippen LogP contribution in [0.1, 0.15) is 10.4 Å². The van der Waals surface area contributed by atoms with Gasteiger partial charge in [0.2, 0.25) is 0 Å². The van der Waals surface area contributed by atoms with E-state index in [0.717, 1.165) is 16.0 Å². The highest BCUT2D eigenvalue weighted by Crippen LogP contribution is 2.21. The summed E-state index contributed by atoms with van der Waals surface area (Å²) in [4.78, 5) is 36.7. The number of carbonyl (C=O) groups is 3. The molecule has 1 aliphatic rings. The van der Waals surface area contributed by atoms with E-state index in [0.29, 0.717) is 5.56 Å². The smallest absolute Gasteiger partial charge is 0.328 e. The van der Waals surface area contributed by atoms with Gasteiger partial charge in [0.25, 0.3) is 5.91 Å². The van der Waals surface area contributed by atoms with Crippen molar-refractivity contribution < 1.29 is 24.6 Å². The summed E-state index contributed by atoms with van der Waals surface area (Å²) in [5.41, 5.74) is 2.26. The number of hydrogen-bond donors (Lipinski definition) is 3. The zero-order valence-corrected chi connectivity index (χ0v) is 13.8. The number of amides is 1. The minimum Gasteiger partial charge on any atom is -0.480 e. The maximum absolute atomic E-state index is 12.8. The molecule has 1 amide bonds. The number of benzene rings is 2. The molecule has 2 aromatic carbocycles. The Morgan fingerprint density at radius 2 is 1.50 bits per heavy atom. The van der Waals surface area contributed by atoms with Crippen LogP contribution in [-0.4, -0.2) is 58.1 Å². The van der Waals surface area contributed by atoms with Gasteiger partial charge in [0.15, 0.2) is 6.04 Å². The lowest BCUT2D eigenvalue weighted by Gasteiger charge is -2.37. The lowest BCUT2D eigenvalue weighted by molar-refractivity contribution is -0.152. The van der Waals surface area contributed by atoms with Crippen LogP contribution in [-0.2, 0) is 9.59 Å². The Morgan fingerprint density at radius 1 is 0.885 bits per heavy atom. The average molecular weight is 354 g/mol. The first-order valence-electron chi connectivity index (χ1n) is 8.14. The van der Waals surface area contributed by atoms with E-state index in [4.69, 9.17) is 0 Å². The zero-order valence-electron chi connectivity index (χ0n) is 13.8. The summed E-state index contributed by atoms with van der Waals surface area (Å²) in [6.07, 6.45) is 0. The first-order valence-corrected chi connectivity index (χ1v) is 8.14. The summed E-state index contributed by atoms with van der Waals surface area (Å²) in [5, 5.41) is 21.3. The second kappa shape index (κ2) is 7.37. The molecular formula is C19H18N2O5. The topological polar surface area (TPSA) is 107 Å². The number of aliphatic carboxylic acids is 2. The summed E-state index contributed by atoms with van der Waals surface area (Å²) in [5.74, 6) is -3.14. The predicted octanol–water partition coefficient (Wildman–Crippen LogP) is 1.31. The van der Waals surface area contributed by atoms with E-state index in [1.807, 2.05) is 30.3 Å². The van der Waals surface area contributed by atoms with Crippen molar-refractivity contribution >= 4 is 17.8 Å². The molecule has 1 aliphatic heterocycles. The van der Waals surface area contributed by atoms with Gasteiger partial charge in [0.1, 0.15) is 6.04 Å². The Kier molecular flexibility index (Phi) is 4.99. The molecule has 7 nitrogen and oxygen atoms in total. The Morgan fingerprint density at radius 3 is 2.08 bits per heavy atom. The number of carboxylic acids is 2. The minimum atomic E-state index is -1.46. The molecule has 1 heterocycles. The van der Waals surface area contributed by atoms with Gasteiger partial charge >= 0.3 is 11.9 Å². The number of hydrogen-bond acceptors (Lipinski definition) is 4. The number of nitrogens with one attached hydrogen (secondary N) is 1. The van der Waals surface area contributed by atoms with Crippen molar-refractivity contribution in [2.24, 2.45) is 0 Å². The molecule has 0 aromatic heterocycles. The monoisotopic (exact) mass is 354 g/mol. The fourth-order valence-corrected chi connectivity index (χ4v) is 3.10. The summed E-state index contributed by atoms with van der Waals surface area (Å²) < 4.78 is 0. The molecule has 0 bridgehead atoms. The van der Waals surface area contributed by atoms with E-state index in [-0.39, 0.29) is 13.1 Å². The van der Waals surface area contributed by atoms with Crippen LogP contribution in [0, 0.1) is 0 Å². The van der Waals surface area contributed by atoms with Crippen molar-refractivity contribution in [3.63, 3.8) is 0 Å². The van der Waals surface area contributed by atoms with Gasteiger partial charge in [-0.3, -0.25) is 9.59 Å². The van der Waals surface area contributed by atoms with E-state index in [2.05, 4.69) is 5.32 Å². The van der Waals surface area contributed by atoms with Gasteiger partial charge in [-0.05, 0) is 23.3 Å². The Balaban J connectivity index is 1.85. The van der Waals surface area contributed by atoms with E-state index >= 15 is 0 Å². The van der Waals surface area contributed by atoms with Gasteiger partial charge in [-0.2, -0.15) is 0 Å². The highest BCUT2D eigenvalue weighted by Gasteiger charge is 2.43. The third kappa shape index (κ3) is 3.43. The quantitative estimate of drug-likeness (QED) is 0.764. The van der Waals surface area contributed by atoms with Crippen LogP contribution in [0.3, 0.4) is 0 Å². The SMILES string of the molecule is O=C(O)[C@H]1NCCN(C(=O)c2ccc(-c3ccccc3)cc2)[C@@H]1C(=O)O. The minimum absolute atomic E-state index is 0.125. The summed E-state index contributed by atoms with van der Waals surface area (Å²) in [6.45, 7) is 0.342. The lowest BCUT2D eigenvalue weighted by Crippen LogP contribution is -2.65. The molecule has 2 aromatic rings. The van der Waals surface area contributed by atoms with Crippen LogP contribution in [0.4, 0.5) is 0 Å². The third-order valence-electron chi connectivity index (χ3n) is 4.39. The molecule has 134 valence electrons. The molecule has 0 saturated carbocycles. The molecule has 0 radical (unpaired) electrons. The fraction of sp³-hybridized carbons (Fsp3) is 0.211. The largest absolute Gasteiger partial charge is 0.480 e. The van der Waals surface area contributed by atoms with Crippen molar-refractivity contribution in [1.29, 1.82) is 0 Å². The standard InChI is InChI=1S/C19H18N2O5/c22-17(21-11-10-20-15(18(23)24)16(21)19(25)26)14-8-6-13(7-9-14)12-4-2-1-3-5-12/h1-9,15-16,20H,10-11H2,(H,23,24)(H,25,26)/t15-,16-/m0/s1. The van der Waals surface area contributed by atoms with Crippen LogP contribution in [0.25, 0.3) is 11.1 Å². The number of carboxylic acid groups (broad SMARTS) is 2. The summed E-state index contributed by atoms with van der Waals surface area (Å²) >= 11 is 0. The highest BCUT2D eigenvalue weighted by molar-refractivity contribution is 5.98. The molecule has 1 fully saturated rings. The number of carbonyl (C=O) groups excluding carboxylic acids is 1. The molecule has 3 rings (SSSR count). The molecule has 26 heavy (non-hydrogen) atoms. The summed E-state index contributed by atoms with van der Waals surface area (Å²) in [6, 6.07) is 13.7. The van der Waals surface area contributed by atoms with E-state index in [1.165, 1.54) is 0 Å². The maximum Gasteiger partial charge on any atom is 0.328 e. The van der Waals surface area contributed by atoms with Gasteiger partial charge in [0, 0.05) is 18.7 Å². The number of piperazine rings is 1.